The van der Waals surface area contributed by atoms with Crippen LogP contribution in [0.1, 0.15) is 10.4 Å². The number of nitrogens with zero attached hydrogens (tertiary/aromatic N) is 1. The molecular formula is C16H16ClIN2O. The van der Waals surface area contributed by atoms with E-state index in [0.717, 1.165) is 15.8 Å². The predicted octanol–water partition coefficient (Wildman–Crippen LogP) is 3.81. The molecule has 0 fully saturated rings. The number of rotatable bonds is 5. The summed E-state index contributed by atoms with van der Waals surface area (Å²) in [6.45, 7) is 1.34. The first-order chi connectivity index (χ1) is 10.1. The zero-order valence-electron chi connectivity index (χ0n) is 11.6. The number of anilines is 1. The molecule has 0 spiro atoms. The maximum absolute atomic E-state index is 12.1. The van der Waals surface area contributed by atoms with Crippen molar-refractivity contribution in [3.63, 3.8) is 0 Å². The van der Waals surface area contributed by atoms with Crippen LogP contribution in [0.25, 0.3) is 0 Å². The van der Waals surface area contributed by atoms with Crippen molar-refractivity contribution in [2.45, 2.75) is 0 Å². The zero-order valence-corrected chi connectivity index (χ0v) is 14.6. The molecule has 0 aromatic heterocycles. The highest BCUT2D eigenvalue weighted by atomic mass is 127. The molecule has 5 heteroatoms. The quantitative estimate of drug-likeness (QED) is 0.755. The maximum Gasteiger partial charge on any atom is 0.252 e. The monoisotopic (exact) mass is 414 g/mol. The molecule has 1 amide bonds. The number of benzene rings is 2. The van der Waals surface area contributed by atoms with Crippen LogP contribution in [0.2, 0.25) is 5.02 Å². The maximum atomic E-state index is 12.1. The molecule has 110 valence electrons. The Hall–Kier alpha value is -1.27. The predicted molar refractivity (Wildman–Crippen MR) is 96.2 cm³/mol. The highest BCUT2D eigenvalue weighted by Crippen LogP contribution is 2.18. The van der Waals surface area contributed by atoms with Crippen molar-refractivity contribution >= 4 is 45.8 Å². The van der Waals surface area contributed by atoms with Gasteiger partial charge in [0, 0.05) is 34.4 Å². The molecule has 0 saturated heterocycles. The summed E-state index contributed by atoms with van der Waals surface area (Å²) in [5.41, 5.74) is 1.79. The average Bonchev–Trinajstić information content (AvgIpc) is 2.47. The van der Waals surface area contributed by atoms with E-state index in [1.807, 2.05) is 37.4 Å². The van der Waals surface area contributed by atoms with E-state index < -0.39 is 0 Å². The fourth-order valence-corrected chi connectivity index (χ4v) is 3.03. The van der Waals surface area contributed by atoms with Gasteiger partial charge < -0.3 is 10.2 Å². The van der Waals surface area contributed by atoms with Crippen LogP contribution in [-0.2, 0) is 0 Å². The smallest absolute Gasteiger partial charge is 0.252 e. The van der Waals surface area contributed by atoms with E-state index in [1.54, 1.807) is 18.2 Å². The van der Waals surface area contributed by atoms with Gasteiger partial charge >= 0.3 is 0 Å². The number of carbonyl (C=O) groups excluding carboxylic acids is 1. The Balaban J connectivity index is 1.87. The zero-order chi connectivity index (χ0) is 15.2. The third-order valence-electron chi connectivity index (χ3n) is 3.11. The lowest BCUT2D eigenvalue weighted by Gasteiger charge is -2.19. The molecule has 2 rings (SSSR count). The van der Waals surface area contributed by atoms with Crippen LogP contribution in [0.15, 0.2) is 48.5 Å². The van der Waals surface area contributed by atoms with Crippen LogP contribution in [-0.4, -0.2) is 26.0 Å². The molecule has 0 radical (unpaired) electrons. The minimum absolute atomic E-state index is 0.0717. The first-order valence-electron chi connectivity index (χ1n) is 6.57. The Morgan fingerprint density at radius 1 is 1.24 bits per heavy atom. The summed E-state index contributed by atoms with van der Waals surface area (Å²) in [7, 11) is 2.01. The van der Waals surface area contributed by atoms with Crippen molar-refractivity contribution in [1.82, 2.24) is 5.32 Å². The number of amides is 1. The molecule has 0 saturated carbocycles. The number of nitrogens with one attached hydrogen (secondary N) is 1. The fourth-order valence-electron chi connectivity index (χ4n) is 1.92. The standard InChI is InChI=1S/C16H16ClIN2O/c1-20(13-5-3-2-4-6-13)10-9-19-16(21)14-8-7-12(17)11-15(14)18/h2-8,11H,9-10H2,1H3,(H,19,21). The molecule has 0 unspecified atom stereocenters. The van der Waals surface area contributed by atoms with E-state index in [9.17, 15) is 4.79 Å². The number of carbonyl (C=O) groups is 1. The number of halogens is 2. The van der Waals surface area contributed by atoms with Crippen LogP contribution in [0.4, 0.5) is 5.69 Å². The Kier molecular flexibility index (Phi) is 5.87. The molecule has 0 aliphatic carbocycles. The number of para-hydroxylation sites is 1. The molecule has 2 aromatic carbocycles. The highest BCUT2D eigenvalue weighted by Gasteiger charge is 2.10. The normalized spacial score (nSPS) is 10.2. The molecule has 1 N–H and O–H groups in total. The molecule has 2 aromatic rings. The SMILES string of the molecule is CN(CCNC(=O)c1ccc(Cl)cc1I)c1ccccc1. The second kappa shape index (κ2) is 7.66. The molecule has 3 nitrogen and oxygen atoms in total. The van der Waals surface area contributed by atoms with Gasteiger partial charge in [0.15, 0.2) is 0 Å². The third kappa shape index (κ3) is 4.61. The lowest BCUT2D eigenvalue weighted by molar-refractivity contribution is 0.0954. The minimum Gasteiger partial charge on any atom is -0.373 e. The lowest BCUT2D eigenvalue weighted by atomic mass is 10.2. The molecule has 0 bridgehead atoms. The van der Waals surface area contributed by atoms with E-state index >= 15 is 0 Å². The van der Waals surface area contributed by atoms with Crippen molar-refractivity contribution in [2.24, 2.45) is 0 Å². The van der Waals surface area contributed by atoms with Gasteiger partial charge in [0.05, 0.1) is 5.56 Å². The van der Waals surface area contributed by atoms with Crippen LogP contribution in [0, 0.1) is 3.57 Å². The average molecular weight is 415 g/mol. The van der Waals surface area contributed by atoms with Gasteiger partial charge in [-0.2, -0.15) is 0 Å². The largest absolute Gasteiger partial charge is 0.373 e. The summed E-state index contributed by atoms with van der Waals surface area (Å²) in [4.78, 5) is 14.2. The van der Waals surface area contributed by atoms with E-state index in [4.69, 9.17) is 11.6 Å². The van der Waals surface area contributed by atoms with Crippen LogP contribution in [0.5, 0.6) is 0 Å². The van der Waals surface area contributed by atoms with Crippen LogP contribution < -0.4 is 10.2 Å². The second-order valence-corrected chi connectivity index (χ2v) is 6.24. The van der Waals surface area contributed by atoms with Gasteiger partial charge in [-0.1, -0.05) is 29.8 Å². The van der Waals surface area contributed by atoms with Gasteiger partial charge in [0.25, 0.3) is 5.91 Å². The summed E-state index contributed by atoms with van der Waals surface area (Å²) in [6.07, 6.45) is 0. The fraction of sp³-hybridized carbons (Fsp3) is 0.188. The van der Waals surface area contributed by atoms with Gasteiger partial charge in [-0.3, -0.25) is 4.79 Å². The molecule has 0 atom stereocenters. The van der Waals surface area contributed by atoms with E-state index in [1.165, 1.54) is 0 Å². The molecule has 0 aliphatic rings. The Morgan fingerprint density at radius 2 is 1.95 bits per heavy atom. The third-order valence-corrected chi connectivity index (χ3v) is 4.23. The number of likely N-dealkylation sites (N-methyl/N-ethyl adjacent to an activating group) is 1. The van der Waals surface area contributed by atoms with Crippen molar-refractivity contribution in [3.05, 3.63) is 62.7 Å². The lowest BCUT2D eigenvalue weighted by Crippen LogP contribution is -2.33. The second-order valence-electron chi connectivity index (χ2n) is 4.64. The van der Waals surface area contributed by atoms with Crippen LogP contribution >= 0.6 is 34.2 Å². The van der Waals surface area contributed by atoms with Crippen molar-refractivity contribution in [2.75, 3.05) is 25.0 Å². The summed E-state index contributed by atoms with van der Waals surface area (Å²) in [5, 5.41) is 3.57. The Labute approximate surface area is 143 Å². The molecule has 21 heavy (non-hydrogen) atoms. The minimum atomic E-state index is -0.0717. The first-order valence-corrected chi connectivity index (χ1v) is 8.03. The van der Waals surface area contributed by atoms with Crippen molar-refractivity contribution in [3.8, 4) is 0 Å². The van der Waals surface area contributed by atoms with Crippen molar-refractivity contribution in [1.29, 1.82) is 0 Å². The van der Waals surface area contributed by atoms with Gasteiger partial charge in [0.1, 0.15) is 0 Å². The summed E-state index contributed by atoms with van der Waals surface area (Å²) in [5.74, 6) is -0.0717. The Bertz CT molecular complexity index is 619. The van der Waals surface area contributed by atoms with E-state index in [2.05, 4.69) is 32.8 Å². The summed E-state index contributed by atoms with van der Waals surface area (Å²) < 4.78 is 0.856. The number of hydrogen-bond donors (Lipinski definition) is 1. The van der Waals surface area contributed by atoms with Gasteiger partial charge in [-0.15, -0.1) is 0 Å². The first kappa shape index (κ1) is 16.1. The highest BCUT2D eigenvalue weighted by molar-refractivity contribution is 14.1. The van der Waals surface area contributed by atoms with Crippen LogP contribution in [0.3, 0.4) is 0 Å². The van der Waals surface area contributed by atoms with Gasteiger partial charge in [-0.05, 0) is 52.9 Å². The summed E-state index contributed by atoms with van der Waals surface area (Å²) >= 11 is 8.01. The number of hydrogen-bond acceptors (Lipinski definition) is 2. The van der Waals surface area contributed by atoms with Gasteiger partial charge in [0.2, 0.25) is 0 Å². The summed E-state index contributed by atoms with van der Waals surface area (Å²) in [6, 6.07) is 15.3. The topological polar surface area (TPSA) is 32.3 Å². The molecule has 0 heterocycles. The van der Waals surface area contributed by atoms with E-state index in [-0.39, 0.29) is 5.91 Å². The van der Waals surface area contributed by atoms with Crippen molar-refractivity contribution < 1.29 is 4.79 Å². The molecular weight excluding hydrogens is 399 g/mol. The Morgan fingerprint density at radius 3 is 2.62 bits per heavy atom. The molecule has 0 aliphatic heterocycles. The van der Waals surface area contributed by atoms with Gasteiger partial charge in [-0.25, -0.2) is 0 Å². The van der Waals surface area contributed by atoms with E-state index in [0.29, 0.717) is 17.1 Å².